The van der Waals surface area contributed by atoms with Crippen LogP contribution in [0.25, 0.3) is 11.3 Å². The number of anilines is 1. The maximum absolute atomic E-state index is 8.72. The van der Waals surface area contributed by atoms with Gasteiger partial charge in [0, 0.05) is 12.1 Å². The molecule has 19 heavy (non-hydrogen) atoms. The standard InChI is InChI=1S/C15H19N3O/c1-2-3-12-4-6-13(7-5-12)14-8-9-15(18-17-14)16-10-11-19/h4-9,19H,2-3,10-11H2,1H3,(H,16,18). The molecule has 1 aromatic carbocycles. The van der Waals surface area contributed by atoms with Crippen LogP contribution in [0.4, 0.5) is 5.82 Å². The lowest BCUT2D eigenvalue weighted by atomic mass is 10.1. The van der Waals surface area contributed by atoms with Crippen LogP contribution in [0.2, 0.25) is 0 Å². The van der Waals surface area contributed by atoms with E-state index < -0.39 is 0 Å². The van der Waals surface area contributed by atoms with Gasteiger partial charge in [-0.2, -0.15) is 0 Å². The second kappa shape index (κ2) is 6.85. The van der Waals surface area contributed by atoms with Crippen molar-refractivity contribution < 1.29 is 5.11 Å². The molecule has 0 bridgehead atoms. The Labute approximate surface area is 113 Å². The van der Waals surface area contributed by atoms with Crippen molar-refractivity contribution in [3.8, 4) is 11.3 Å². The molecule has 0 saturated heterocycles. The highest BCUT2D eigenvalue weighted by Gasteiger charge is 2.01. The second-order valence-corrected chi connectivity index (χ2v) is 4.40. The molecule has 1 aromatic heterocycles. The van der Waals surface area contributed by atoms with Gasteiger partial charge in [-0.1, -0.05) is 37.6 Å². The molecule has 0 fully saturated rings. The predicted octanol–water partition coefficient (Wildman–Crippen LogP) is 2.50. The molecule has 2 N–H and O–H groups in total. The van der Waals surface area contributed by atoms with Crippen LogP contribution >= 0.6 is 0 Å². The summed E-state index contributed by atoms with van der Waals surface area (Å²) in [6, 6.07) is 12.2. The Morgan fingerprint density at radius 3 is 2.42 bits per heavy atom. The van der Waals surface area contributed by atoms with E-state index in [4.69, 9.17) is 5.11 Å². The summed E-state index contributed by atoms with van der Waals surface area (Å²) in [7, 11) is 0. The number of rotatable bonds is 6. The van der Waals surface area contributed by atoms with Crippen LogP contribution in [0.3, 0.4) is 0 Å². The first-order chi connectivity index (χ1) is 9.33. The normalized spacial score (nSPS) is 10.4. The first-order valence-electron chi connectivity index (χ1n) is 6.61. The third-order valence-corrected chi connectivity index (χ3v) is 2.87. The zero-order chi connectivity index (χ0) is 13.5. The minimum Gasteiger partial charge on any atom is -0.395 e. The molecule has 4 nitrogen and oxygen atoms in total. The Morgan fingerprint density at radius 1 is 1.05 bits per heavy atom. The molecule has 4 heteroatoms. The van der Waals surface area contributed by atoms with Gasteiger partial charge in [0.2, 0.25) is 0 Å². The zero-order valence-electron chi connectivity index (χ0n) is 11.1. The van der Waals surface area contributed by atoms with Crippen LogP contribution in [0.1, 0.15) is 18.9 Å². The zero-order valence-corrected chi connectivity index (χ0v) is 11.1. The van der Waals surface area contributed by atoms with E-state index in [1.54, 1.807) is 0 Å². The number of nitrogens with zero attached hydrogens (tertiary/aromatic N) is 2. The molecule has 1 heterocycles. The molecule has 0 aliphatic carbocycles. The van der Waals surface area contributed by atoms with Crippen molar-refractivity contribution >= 4 is 5.82 Å². The van der Waals surface area contributed by atoms with Gasteiger partial charge in [-0.05, 0) is 24.1 Å². The third-order valence-electron chi connectivity index (χ3n) is 2.87. The van der Waals surface area contributed by atoms with E-state index in [0.29, 0.717) is 12.4 Å². The first-order valence-corrected chi connectivity index (χ1v) is 6.61. The molecule has 0 saturated carbocycles. The predicted molar refractivity (Wildman–Crippen MR) is 77.0 cm³/mol. The fourth-order valence-electron chi connectivity index (χ4n) is 1.90. The number of aliphatic hydroxyl groups excluding tert-OH is 1. The van der Waals surface area contributed by atoms with Crippen LogP contribution < -0.4 is 5.32 Å². The average molecular weight is 257 g/mol. The van der Waals surface area contributed by atoms with Gasteiger partial charge in [-0.15, -0.1) is 10.2 Å². The van der Waals surface area contributed by atoms with Crippen molar-refractivity contribution in [1.82, 2.24) is 10.2 Å². The Balaban J connectivity index is 2.08. The number of hydrogen-bond donors (Lipinski definition) is 2. The van der Waals surface area contributed by atoms with Gasteiger partial charge in [0.05, 0.1) is 12.3 Å². The van der Waals surface area contributed by atoms with Crippen molar-refractivity contribution in [3.05, 3.63) is 42.0 Å². The van der Waals surface area contributed by atoms with E-state index in [-0.39, 0.29) is 6.61 Å². The van der Waals surface area contributed by atoms with Gasteiger partial charge in [-0.25, -0.2) is 0 Å². The number of benzene rings is 1. The summed E-state index contributed by atoms with van der Waals surface area (Å²) in [5.74, 6) is 0.681. The van der Waals surface area contributed by atoms with E-state index in [9.17, 15) is 0 Å². The van der Waals surface area contributed by atoms with Crippen LogP contribution in [0.5, 0.6) is 0 Å². The van der Waals surface area contributed by atoms with Crippen LogP contribution in [0, 0.1) is 0 Å². The molecule has 0 amide bonds. The minimum atomic E-state index is 0.0856. The Bertz CT molecular complexity index is 494. The Morgan fingerprint density at radius 2 is 1.84 bits per heavy atom. The number of aliphatic hydroxyl groups is 1. The molecule has 0 spiro atoms. The van der Waals surface area contributed by atoms with Crippen molar-refractivity contribution in [3.63, 3.8) is 0 Å². The van der Waals surface area contributed by atoms with Gasteiger partial charge in [0.15, 0.2) is 0 Å². The molecule has 2 aromatic rings. The van der Waals surface area contributed by atoms with E-state index in [0.717, 1.165) is 24.1 Å². The van der Waals surface area contributed by atoms with Crippen molar-refractivity contribution in [2.24, 2.45) is 0 Å². The molecule has 0 aliphatic rings. The molecule has 0 atom stereocenters. The van der Waals surface area contributed by atoms with E-state index >= 15 is 0 Å². The highest BCUT2D eigenvalue weighted by atomic mass is 16.3. The molecule has 0 unspecified atom stereocenters. The van der Waals surface area contributed by atoms with Crippen LogP contribution in [-0.2, 0) is 6.42 Å². The fraction of sp³-hybridized carbons (Fsp3) is 0.333. The summed E-state index contributed by atoms with van der Waals surface area (Å²) in [6.45, 7) is 2.75. The number of aromatic nitrogens is 2. The van der Waals surface area contributed by atoms with Crippen LogP contribution in [0.15, 0.2) is 36.4 Å². The SMILES string of the molecule is CCCc1ccc(-c2ccc(NCCO)nn2)cc1. The smallest absolute Gasteiger partial charge is 0.148 e. The second-order valence-electron chi connectivity index (χ2n) is 4.40. The van der Waals surface area contributed by atoms with Gasteiger partial charge in [0.25, 0.3) is 0 Å². The molecule has 100 valence electrons. The van der Waals surface area contributed by atoms with E-state index in [2.05, 4.69) is 46.7 Å². The highest BCUT2D eigenvalue weighted by molar-refractivity contribution is 5.59. The molecule has 0 aliphatic heterocycles. The minimum absolute atomic E-state index is 0.0856. The van der Waals surface area contributed by atoms with Crippen molar-refractivity contribution in [2.45, 2.75) is 19.8 Å². The largest absolute Gasteiger partial charge is 0.395 e. The Kier molecular flexibility index (Phi) is 4.86. The van der Waals surface area contributed by atoms with E-state index in [1.807, 2.05) is 12.1 Å². The third kappa shape index (κ3) is 3.76. The topological polar surface area (TPSA) is 58.0 Å². The average Bonchev–Trinajstić information content (AvgIpc) is 2.47. The molecular formula is C15H19N3O. The monoisotopic (exact) mass is 257 g/mol. The van der Waals surface area contributed by atoms with E-state index in [1.165, 1.54) is 5.56 Å². The summed E-state index contributed by atoms with van der Waals surface area (Å²) in [4.78, 5) is 0. The lowest BCUT2D eigenvalue weighted by molar-refractivity contribution is 0.311. The maximum Gasteiger partial charge on any atom is 0.148 e. The van der Waals surface area contributed by atoms with Crippen molar-refractivity contribution in [2.75, 3.05) is 18.5 Å². The van der Waals surface area contributed by atoms with Crippen LogP contribution in [-0.4, -0.2) is 28.5 Å². The number of nitrogens with one attached hydrogen (secondary N) is 1. The summed E-state index contributed by atoms with van der Waals surface area (Å²) in [5, 5.41) is 20.0. The summed E-state index contributed by atoms with van der Waals surface area (Å²) < 4.78 is 0. The number of aryl methyl sites for hydroxylation is 1. The molecule has 0 radical (unpaired) electrons. The lowest BCUT2D eigenvalue weighted by Crippen LogP contribution is -2.07. The van der Waals surface area contributed by atoms with Gasteiger partial charge >= 0.3 is 0 Å². The van der Waals surface area contributed by atoms with Gasteiger partial charge in [-0.3, -0.25) is 0 Å². The number of hydrogen-bond acceptors (Lipinski definition) is 4. The highest BCUT2D eigenvalue weighted by Crippen LogP contribution is 2.18. The summed E-state index contributed by atoms with van der Waals surface area (Å²) in [6.07, 6.45) is 2.26. The summed E-state index contributed by atoms with van der Waals surface area (Å²) in [5.41, 5.74) is 3.28. The first kappa shape index (κ1) is 13.5. The quantitative estimate of drug-likeness (QED) is 0.834. The van der Waals surface area contributed by atoms with Gasteiger partial charge < -0.3 is 10.4 Å². The Hall–Kier alpha value is -1.94. The maximum atomic E-state index is 8.72. The molecule has 2 rings (SSSR count). The lowest BCUT2D eigenvalue weighted by Gasteiger charge is -2.05. The van der Waals surface area contributed by atoms with Gasteiger partial charge in [0.1, 0.15) is 5.82 Å². The fourth-order valence-corrected chi connectivity index (χ4v) is 1.90. The summed E-state index contributed by atoms with van der Waals surface area (Å²) >= 11 is 0. The van der Waals surface area contributed by atoms with Crippen molar-refractivity contribution in [1.29, 1.82) is 0 Å². The molecular weight excluding hydrogens is 238 g/mol.